The zero-order valence-corrected chi connectivity index (χ0v) is 12.8. The van der Waals surface area contributed by atoms with Crippen molar-refractivity contribution in [2.45, 2.75) is 19.0 Å². The summed E-state index contributed by atoms with van der Waals surface area (Å²) < 4.78 is 13.9. The fraction of sp³-hybridized carbons (Fsp3) is 0.188. The highest BCUT2D eigenvalue weighted by atomic mass is 79.9. The zero-order chi connectivity index (χ0) is 14.8. The maximum atomic E-state index is 13.2. The highest BCUT2D eigenvalue weighted by molar-refractivity contribution is 9.10. The molecule has 2 aromatic carbocycles. The minimum Gasteiger partial charge on any atom is -0.324 e. The average Bonchev–Trinajstić information content (AvgIpc) is 2.50. The van der Waals surface area contributed by atoms with Gasteiger partial charge in [-0.2, -0.15) is 0 Å². The van der Waals surface area contributed by atoms with E-state index in [1.165, 1.54) is 23.3 Å². The van der Waals surface area contributed by atoms with E-state index >= 15 is 0 Å². The third-order valence-electron chi connectivity index (χ3n) is 3.58. The van der Waals surface area contributed by atoms with Gasteiger partial charge in [-0.25, -0.2) is 4.39 Å². The van der Waals surface area contributed by atoms with Crippen LogP contribution in [0.5, 0.6) is 0 Å². The maximum Gasteiger partial charge on any atom is 0.241 e. The molecular weight excluding hydrogens is 335 g/mol. The molecule has 0 aliphatic carbocycles. The van der Waals surface area contributed by atoms with E-state index in [-0.39, 0.29) is 17.8 Å². The molecule has 5 heteroatoms. The van der Waals surface area contributed by atoms with Gasteiger partial charge in [0.2, 0.25) is 5.91 Å². The van der Waals surface area contributed by atoms with E-state index in [0.717, 1.165) is 0 Å². The van der Waals surface area contributed by atoms with Gasteiger partial charge in [-0.05, 0) is 51.7 Å². The van der Waals surface area contributed by atoms with Gasteiger partial charge in [0, 0.05) is 11.0 Å². The Balaban J connectivity index is 1.74. The maximum absolute atomic E-state index is 13.2. The Morgan fingerprint density at radius 1 is 1.24 bits per heavy atom. The molecule has 2 N–H and O–H groups in total. The Kier molecular flexibility index (Phi) is 4.03. The number of halogens is 2. The van der Waals surface area contributed by atoms with Crippen molar-refractivity contribution < 1.29 is 9.18 Å². The number of carbonyl (C=O) groups excluding carboxylic acids is 1. The van der Waals surface area contributed by atoms with Crippen LogP contribution in [0.3, 0.4) is 0 Å². The largest absolute Gasteiger partial charge is 0.324 e. The molecule has 21 heavy (non-hydrogen) atoms. The Labute approximate surface area is 130 Å². The number of anilines is 1. The lowest BCUT2D eigenvalue weighted by Crippen LogP contribution is -2.44. The first kappa shape index (κ1) is 14.2. The lowest BCUT2D eigenvalue weighted by atomic mass is 9.95. The van der Waals surface area contributed by atoms with E-state index in [1.807, 2.05) is 18.2 Å². The quantitative estimate of drug-likeness (QED) is 0.874. The molecule has 0 fully saturated rings. The van der Waals surface area contributed by atoms with Gasteiger partial charge in [0.25, 0.3) is 0 Å². The molecule has 3 rings (SSSR count). The Morgan fingerprint density at radius 3 is 2.81 bits per heavy atom. The smallest absolute Gasteiger partial charge is 0.241 e. The highest BCUT2D eigenvalue weighted by Crippen LogP contribution is 2.24. The molecule has 1 atom stereocenters. The molecule has 1 aliphatic heterocycles. The SMILES string of the molecule is O=C(Nc1cc(F)ccc1Br)[C@H]1Cc2ccccc2CN1. The van der Waals surface area contributed by atoms with E-state index in [4.69, 9.17) is 0 Å². The van der Waals surface area contributed by atoms with Crippen LogP contribution in [-0.2, 0) is 17.8 Å². The number of nitrogens with one attached hydrogen (secondary N) is 2. The van der Waals surface area contributed by atoms with Gasteiger partial charge in [0.05, 0.1) is 11.7 Å². The van der Waals surface area contributed by atoms with Crippen LogP contribution in [0.25, 0.3) is 0 Å². The summed E-state index contributed by atoms with van der Waals surface area (Å²) in [5, 5.41) is 5.97. The van der Waals surface area contributed by atoms with E-state index in [9.17, 15) is 9.18 Å². The lowest BCUT2D eigenvalue weighted by Gasteiger charge is -2.25. The minimum atomic E-state index is -0.379. The molecule has 3 nitrogen and oxygen atoms in total. The van der Waals surface area contributed by atoms with Gasteiger partial charge in [0.15, 0.2) is 0 Å². The van der Waals surface area contributed by atoms with Crippen molar-refractivity contribution in [2.24, 2.45) is 0 Å². The van der Waals surface area contributed by atoms with Crippen LogP contribution in [0.1, 0.15) is 11.1 Å². The van der Waals surface area contributed by atoms with Gasteiger partial charge in [-0.3, -0.25) is 4.79 Å². The Morgan fingerprint density at radius 2 is 2.00 bits per heavy atom. The third kappa shape index (κ3) is 3.14. The lowest BCUT2D eigenvalue weighted by molar-refractivity contribution is -0.118. The first-order valence-corrected chi connectivity index (χ1v) is 7.49. The summed E-state index contributed by atoms with van der Waals surface area (Å²) in [5.74, 6) is -0.536. The summed E-state index contributed by atoms with van der Waals surface area (Å²) in [5.41, 5.74) is 2.84. The number of hydrogen-bond acceptors (Lipinski definition) is 2. The summed E-state index contributed by atoms with van der Waals surface area (Å²) in [6.45, 7) is 0.665. The average molecular weight is 349 g/mol. The zero-order valence-electron chi connectivity index (χ0n) is 11.2. The summed E-state index contributed by atoms with van der Waals surface area (Å²) in [7, 11) is 0. The number of hydrogen-bond donors (Lipinski definition) is 2. The van der Waals surface area contributed by atoms with Crippen molar-refractivity contribution in [3.05, 3.63) is 63.9 Å². The van der Waals surface area contributed by atoms with E-state index in [2.05, 4.69) is 32.6 Å². The molecule has 1 amide bonds. The summed E-state index contributed by atoms with van der Waals surface area (Å²) in [6.07, 6.45) is 0.634. The number of amides is 1. The van der Waals surface area contributed by atoms with E-state index < -0.39 is 0 Å². The van der Waals surface area contributed by atoms with Gasteiger partial charge in [0.1, 0.15) is 5.82 Å². The van der Waals surface area contributed by atoms with Crippen LogP contribution in [0.15, 0.2) is 46.9 Å². The van der Waals surface area contributed by atoms with Crippen LogP contribution in [-0.4, -0.2) is 11.9 Å². The molecule has 0 radical (unpaired) electrons. The van der Waals surface area contributed by atoms with Crippen molar-refractivity contribution >= 4 is 27.5 Å². The van der Waals surface area contributed by atoms with Gasteiger partial charge in [-0.1, -0.05) is 24.3 Å². The van der Waals surface area contributed by atoms with Gasteiger partial charge in [-0.15, -0.1) is 0 Å². The number of carbonyl (C=O) groups is 1. The summed E-state index contributed by atoms with van der Waals surface area (Å²) in [6, 6.07) is 12.0. The number of rotatable bonds is 2. The summed E-state index contributed by atoms with van der Waals surface area (Å²) in [4.78, 5) is 12.3. The second-order valence-electron chi connectivity index (χ2n) is 5.02. The standard InChI is InChI=1S/C16H14BrFN2O/c17-13-6-5-12(18)8-14(13)20-16(21)15-7-10-3-1-2-4-11(10)9-19-15/h1-6,8,15,19H,7,9H2,(H,20,21)/t15-/m1/s1. The molecule has 0 bridgehead atoms. The molecule has 0 aromatic heterocycles. The summed E-state index contributed by atoms with van der Waals surface area (Å²) >= 11 is 3.31. The molecule has 0 unspecified atom stereocenters. The highest BCUT2D eigenvalue weighted by Gasteiger charge is 2.24. The second kappa shape index (κ2) is 5.95. The van der Waals surface area contributed by atoms with Crippen LogP contribution >= 0.6 is 15.9 Å². The predicted molar refractivity (Wildman–Crippen MR) is 83.5 cm³/mol. The monoisotopic (exact) mass is 348 g/mol. The fourth-order valence-corrected chi connectivity index (χ4v) is 2.80. The Hall–Kier alpha value is -1.72. The molecule has 1 heterocycles. The Bertz CT molecular complexity index is 690. The van der Waals surface area contributed by atoms with Gasteiger partial charge < -0.3 is 10.6 Å². The fourth-order valence-electron chi connectivity index (χ4n) is 2.45. The molecule has 0 spiro atoms. The van der Waals surface area contributed by atoms with E-state index in [0.29, 0.717) is 23.1 Å². The van der Waals surface area contributed by atoms with Crippen LogP contribution < -0.4 is 10.6 Å². The molecule has 1 aliphatic rings. The normalized spacial score (nSPS) is 17.1. The van der Waals surface area contributed by atoms with Crippen LogP contribution in [0.2, 0.25) is 0 Å². The third-order valence-corrected chi connectivity index (χ3v) is 4.28. The molecule has 2 aromatic rings. The molecule has 0 saturated carbocycles. The first-order chi connectivity index (χ1) is 10.1. The number of benzene rings is 2. The molecule has 0 saturated heterocycles. The first-order valence-electron chi connectivity index (χ1n) is 6.69. The predicted octanol–water partition coefficient (Wildman–Crippen LogP) is 3.24. The van der Waals surface area contributed by atoms with Gasteiger partial charge >= 0.3 is 0 Å². The van der Waals surface area contributed by atoms with Crippen molar-refractivity contribution in [2.75, 3.05) is 5.32 Å². The van der Waals surface area contributed by atoms with Crippen molar-refractivity contribution in [3.63, 3.8) is 0 Å². The molecule has 108 valence electrons. The second-order valence-corrected chi connectivity index (χ2v) is 5.87. The van der Waals surface area contributed by atoms with Crippen molar-refractivity contribution in [1.29, 1.82) is 0 Å². The minimum absolute atomic E-state index is 0.157. The van der Waals surface area contributed by atoms with Crippen LogP contribution in [0.4, 0.5) is 10.1 Å². The van der Waals surface area contributed by atoms with Crippen molar-refractivity contribution in [1.82, 2.24) is 5.32 Å². The van der Waals surface area contributed by atoms with Crippen LogP contribution in [0, 0.1) is 5.82 Å². The van der Waals surface area contributed by atoms with E-state index in [1.54, 1.807) is 6.07 Å². The van der Waals surface area contributed by atoms with Crippen molar-refractivity contribution in [3.8, 4) is 0 Å². The molecular formula is C16H14BrFN2O. The topological polar surface area (TPSA) is 41.1 Å². The number of fused-ring (bicyclic) bond motifs is 1.